The number of carboxylic acid groups (broad SMARTS) is 1. The van der Waals surface area contributed by atoms with Gasteiger partial charge in [-0.25, -0.2) is 4.98 Å². The van der Waals surface area contributed by atoms with E-state index < -0.39 is 12.0 Å². The number of aromatic amines is 1. The van der Waals surface area contributed by atoms with E-state index in [1.165, 1.54) is 6.33 Å². The zero-order valence-electron chi connectivity index (χ0n) is 6.32. The zero-order valence-corrected chi connectivity index (χ0v) is 10.2. The molecule has 12 heavy (non-hydrogen) atoms. The van der Waals surface area contributed by atoms with Gasteiger partial charge in [-0.15, -0.1) is 0 Å². The molecule has 0 radical (unpaired) electrons. The average molecular weight is 366 g/mol. The third-order valence-corrected chi connectivity index (χ3v) is 1.31. The van der Waals surface area contributed by atoms with E-state index in [2.05, 4.69) is 9.97 Å². The Balaban J connectivity index is 0.00000121. The van der Waals surface area contributed by atoms with Crippen molar-refractivity contribution in [3.63, 3.8) is 0 Å². The predicted octanol–water partition coefficient (Wildman–Crippen LogP) is -1.55. The molecule has 4 N–H and O–H groups in total. The number of carbonyl (C=O) groups is 1. The first-order valence-corrected chi connectivity index (χ1v) is 3.16. The summed E-state index contributed by atoms with van der Waals surface area (Å²) >= 11 is 0. The number of nitrogens with two attached hydrogens (primary N) is 1. The molecule has 1 rings (SSSR count). The van der Waals surface area contributed by atoms with Crippen LogP contribution in [0.1, 0.15) is 5.69 Å². The molecule has 1 atom stereocenters. The molecular formula is C6H11N3O2Po. The summed E-state index contributed by atoms with van der Waals surface area (Å²) in [7, 11) is 0. The minimum atomic E-state index is -1.00. The molecule has 0 aliphatic carbocycles. The fourth-order valence-electron chi connectivity index (χ4n) is 0.721. The van der Waals surface area contributed by atoms with Gasteiger partial charge in [0, 0.05) is 18.3 Å². The van der Waals surface area contributed by atoms with Crippen molar-refractivity contribution in [2.24, 2.45) is 5.73 Å². The molecule has 0 saturated carbocycles. The molecule has 1 heterocycles. The second-order valence-corrected chi connectivity index (χ2v) is 2.23. The van der Waals surface area contributed by atoms with E-state index in [1.807, 2.05) is 0 Å². The Hall–Kier alpha value is -0.464. The summed E-state index contributed by atoms with van der Waals surface area (Å²) in [5.74, 6) is -1.00. The van der Waals surface area contributed by atoms with E-state index in [1.54, 1.807) is 6.20 Å². The molecule has 1 aromatic rings. The number of rotatable bonds is 3. The van der Waals surface area contributed by atoms with Gasteiger partial charge in [0.15, 0.2) is 0 Å². The van der Waals surface area contributed by atoms with Gasteiger partial charge in [0.05, 0.1) is 6.33 Å². The maximum atomic E-state index is 10.3. The molecule has 0 fully saturated rings. The Labute approximate surface area is 88.8 Å². The summed E-state index contributed by atoms with van der Waals surface area (Å²) in [6.45, 7) is 0. The second-order valence-electron chi connectivity index (χ2n) is 2.23. The minimum absolute atomic E-state index is 0. The number of imidazole rings is 1. The summed E-state index contributed by atoms with van der Waals surface area (Å²) < 4.78 is 0. The van der Waals surface area contributed by atoms with Gasteiger partial charge in [0.25, 0.3) is 0 Å². The van der Waals surface area contributed by atoms with Crippen LogP contribution in [0, 0.1) is 0 Å². The molecule has 0 aliphatic rings. The van der Waals surface area contributed by atoms with E-state index in [0.717, 1.165) is 5.69 Å². The number of nitrogens with one attached hydrogen (secondary N) is 1. The molecule has 0 aromatic carbocycles. The summed E-state index contributed by atoms with van der Waals surface area (Å²) in [6, 6.07) is -0.851. The maximum absolute atomic E-state index is 10.3. The van der Waals surface area contributed by atoms with Gasteiger partial charge in [-0.2, -0.15) is 0 Å². The van der Waals surface area contributed by atoms with Crippen molar-refractivity contribution >= 4 is 32.5 Å². The van der Waals surface area contributed by atoms with Crippen molar-refractivity contribution in [2.75, 3.05) is 0 Å². The predicted molar refractivity (Wildman–Crippen MR) is 46.4 cm³/mol. The summed E-state index contributed by atoms with van der Waals surface area (Å²) in [6.07, 6.45) is 3.34. The first kappa shape index (κ1) is 11.5. The number of carboxylic acids is 1. The van der Waals surface area contributed by atoms with Gasteiger partial charge in [-0.3, -0.25) is 4.79 Å². The van der Waals surface area contributed by atoms with Crippen LogP contribution in [0.15, 0.2) is 12.5 Å². The van der Waals surface area contributed by atoms with Gasteiger partial charge >= 0.3 is 32.5 Å². The van der Waals surface area contributed by atoms with Crippen LogP contribution in [0.5, 0.6) is 0 Å². The normalized spacial score (nSPS) is 11.8. The van der Waals surface area contributed by atoms with Gasteiger partial charge < -0.3 is 15.8 Å². The molecule has 0 bridgehead atoms. The number of hydrogen-bond donors (Lipinski definition) is 3. The monoisotopic (exact) mass is 366 g/mol. The van der Waals surface area contributed by atoms with Gasteiger partial charge in [-0.05, 0) is 0 Å². The van der Waals surface area contributed by atoms with E-state index in [9.17, 15) is 4.79 Å². The molecule has 0 amide bonds. The Morgan fingerprint density at radius 3 is 2.92 bits per heavy atom. The molecule has 0 unspecified atom stereocenters. The number of nitrogens with zero attached hydrogens (tertiary/aromatic N) is 1. The fourth-order valence-corrected chi connectivity index (χ4v) is 0.721. The number of aliphatic carboxylic acids is 1. The fraction of sp³-hybridized carbons (Fsp3) is 0.333. The van der Waals surface area contributed by atoms with Crippen LogP contribution in [0.4, 0.5) is 0 Å². The van der Waals surface area contributed by atoms with Crippen LogP contribution in [-0.2, 0) is 11.2 Å². The van der Waals surface area contributed by atoms with Gasteiger partial charge in [-0.1, -0.05) is 0 Å². The van der Waals surface area contributed by atoms with Crippen molar-refractivity contribution in [3.05, 3.63) is 18.2 Å². The standard InChI is InChI=1S/C6H9N3O2.Po.2H/c7-5(6(10)11)1-4-2-8-3-9-4;;;/h2-3,5H,1,7H2,(H,8,9)(H,10,11);;;/t5-;;;/m0.../s1. The first-order valence-electron chi connectivity index (χ1n) is 3.16. The van der Waals surface area contributed by atoms with Crippen molar-refractivity contribution in [2.45, 2.75) is 12.5 Å². The Morgan fingerprint density at radius 2 is 2.50 bits per heavy atom. The molecule has 0 aliphatic heterocycles. The molecule has 0 spiro atoms. The van der Waals surface area contributed by atoms with Gasteiger partial charge in [0.2, 0.25) is 0 Å². The van der Waals surface area contributed by atoms with Crippen LogP contribution in [0.2, 0.25) is 0 Å². The number of H-pyrrole nitrogens is 1. The van der Waals surface area contributed by atoms with Crippen molar-refractivity contribution in [1.29, 1.82) is 0 Å². The van der Waals surface area contributed by atoms with Crippen LogP contribution in [-0.4, -0.2) is 53.7 Å². The van der Waals surface area contributed by atoms with E-state index >= 15 is 0 Å². The molecule has 1 aromatic heterocycles. The topological polar surface area (TPSA) is 92.0 Å². The molecule has 68 valence electrons. The summed E-state index contributed by atoms with van der Waals surface area (Å²) in [5.41, 5.74) is 6.00. The quantitative estimate of drug-likeness (QED) is 0.604. The molecule has 6 heteroatoms. The number of hydrogen-bond acceptors (Lipinski definition) is 3. The second kappa shape index (κ2) is 5.23. The summed E-state index contributed by atoms with van der Waals surface area (Å²) in [4.78, 5) is 16.8. The molecule has 0 saturated heterocycles. The van der Waals surface area contributed by atoms with E-state index in [-0.39, 0.29) is 33.0 Å². The van der Waals surface area contributed by atoms with E-state index in [4.69, 9.17) is 10.8 Å². The Kier molecular flexibility index (Phi) is 5.03. The summed E-state index contributed by atoms with van der Waals surface area (Å²) in [5, 5.41) is 8.42. The van der Waals surface area contributed by atoms with E-state index in [0.29, 0.717) is 0 Å². The van der Waals surface area contributed by atoms with Crippen molar-refractivity contribution in [3.8, 4) is 0 Å². The number of aromatic nitrogens is 2. The van der Waals surface area contributed by atoms with Crippen LogP contribution >= 0.6 is 0 Å². The SMILES string of the molecule is N[C@@H](Cc1cnc[nH]1)C(=O)O.[PoH2]. The first-order chi connectivity index (χ1) is 5.20. The van der Waals surface area contributed by atoms with Crippen LogP contribution in [0.3, 0.4) is 0 Å². The molecule has 5 nitrogen and oxygen atoms in total. The van der Waals surface area contributed by atoms with Crippen molar-refractivity contribution < 1.29 is 9.90 Å². The zero-order chi connectivity index (χ0) is 8.27. The third-order valence-electron chi connectivity index (χ3n) is 1.31. The average Bonchev–Trinajstić information content (AvgIpc) is 2.39. The Bertz CT molecular complexity index is 237. The molecular weight excluding hydrogens is 355 g/mol. The Morgan fingerprint density at radius 1 is 1.83 bits per heavy atom. The van der Waals surface area contributed by atoms with Crippen LogP contribution < -0.4 is 5.73 Å². The third kappa shape index (κ3) is 3.29. The van der Waals surface area contributed by atoms with Crippen LogP contribution in [0.25, 0.3) is 0 Å². The van der Waals surface area contributed by atoms with Crippen molar-refractivity contribution in [1.82, 2.24) is 9.97 Å². The van der Waals surface area contributed by atoms with Gasteiger partial charge in [0.1, 0.15) is 6.04 Å².